The van der Waals surface area contributed by atoms with E-state index in [0.717, 1.165) is 47.9 Å². The summed E-state index contributed by atoms with van der Waals surface area (Å²) in [4.78, 5) is 9.13. The van der Waals surface area contributed by atoms with Gasteiger partial charge in [-0.2, -0.15) is 9.61 Å². The predicted octanol–water partition coefficient (Wildman–Crippen LogP) is 2.26. The summed E-state index contributed by atoms with van der Waals surface area (Å²) in [5, 5.41) is 5.72. The molecule has 0 bridgehead atoms. The van der Waals surface area contributed by atoms with Crippen molar-refractivity contribution in [3.05, 3.63) is 46.6 Å². The molecule has 0 spiro atoms. The highest BCUT2D eigenvalue weighted by atomic mass is 35.5. The maximum Gasteiger partial charge on any atom is 0.158 e. The summed E-state index contributed by atoms with van der Waals surface area (Å²) in [5.41, 5.74) is 5.69. The lowest BCUT2D eigenvalue weighted by Gasteiger charge is -2.34. The Morgan fingerprint density at radius 1 is 1.04 bits per heavy atom. The normalized spacial score (nSPS) is 18.1. The minimum absolute atomic E-state index is 0.747. The number of nitrogens with zero attached hydrogens (tertiary/aromatic N) is 4. The third-order valence-corrected chi connectivity index (χ3v) is 6.16. The number of likely N-dealkylation sites (N-methyl/N-ethyl adjacent to an activating group) is 1. The quantitative estimate of drug-likeness (QED) is 0.738. The molecule has 3 heterocycles. The SMILES string of the molecule is C[NH+]1CCN(c2c3c(nc4cc(-c5ccc(Cl)cc5)nn24)CCCC3)CC1. The molecular weight excluding hydrogens is 358 g/mol. The van der Waals surface area contributed by atoms with Gasteiger partial charge in [0.1, 0.15) is 5.82 Å². The maximum atomic E-state index is 6.06. The van der Waals surface area contributed by atoms with E-state index in [4.69, 9.17) is 21.7 Å². The maximum absolute atomic E-state index is 6.06. The first kappa shape index (κ1) is 17.0. The number of anilines is 1. The van der Waals surface area contributed by atoms with Crippen LogP contribution in [-0.2, 0) is 12.8 Å². The highest BCUT2D eigenvalue weighted by molar-refractivity contribution is 6.30. The summed E-state index contributed by atoms with van der Waals surface area (Å²) in [6.07, 6.45) is 4.68. The van der Waals surface area contributed by atoms with Gasteiger partial charge in [-0.05, 0) is 37.8 Å². The van der Waals surface area contributed by atoms with E-state index in [2.05, 4.69) is 22.5 Å². The van der Waals surface area contributed by atoms with Gasteiger partial charge in [-0.1, -0.05) is 23.7 Å². The number of aromatic nitrogens is 3. The number of hydrogen-bond acceptors (Lipinski definition) is 3. The predicted molar refractivity (Wildman–Crippen MR) is 109 cm³/mol. The fraction of sp³-hybridized carbons (Fsp3) is 0.429. The Hall–Kier alpha value is -2.11. The van der Waals surface area contributed by atoms with Crippen LogP contribution in [0, 0.1) is 0 Å². The molecule has 0 atom stereocenters. The van der Waals surface area contributed by atoms with Crippen molar-refractivity contribution in [2.45, 2.75) is 25.7 Å². The molecule has 140 valence electrons. The van der Waals surface area contributed by atoms with Gasteiger partial charge in [0.2, 0.25) is 0 Å². The molecular formula is C21H25ClN5+. The van der Waals surface area contributed by atoms with Crippen molar-refractivity contribution in [2.75, 3.05) is 38.1 Å². The standard InChI is InChI=1S/C21H24ClN5/c1-25-10-12-26(13-11-25)21-17-4-2-3-5-18(17)23-20-14-19(24-27(20)21)15-6-8-16(22)9-7-15/h6-9,14H,2-5,10-13H2,1H3/p+1. The topological polar surface area (TPSA) is 37.9 Å². The van der Waals surface area contributed by atoms with Gasteiger partial charge >= 0.3 is 0 Å². The molecule has 1 aliphatic carbocycles. The molecule has 0 radical (unpaired) electrons. The Bertz CT molecular complexity index is 970. The van der Waals surface area contributed by atoms with Gasteiger partial charge in [-0.3, -0.25) is 0 Å². The van der Waals surface area contributed by atoms with Crippen molar-refractivity contribution in [3.8, 4) is 11.3 Å². The minimum Gasteiger partial charge on any atom is -0.345 e. The highest BCUT2D eigenvalue weighted by Gasteiger charge is 2.26. The number of quaternary nitrogens is 1. The fourth-order valence-electron chi connectivity index (χ4n) is 4.31. The third-order valence-electron chi connectivity index (χ3n) is 5.91. The Labute approximate surface area is 164 Å². The van der Waals surface area contributed by atoms with Crippen molar-refractivity contribution in [1.82, 2.24) is 14.6 Å². The van der Waals surface area contributed by atoms with E-state index < -0.39 is 0 Å². The average molecular weight is 383 g/mol. The summed E-state index contributed by atoms with van der Waals surface area (Å²) >= 11 is 6.06. The lowest BCUT2D eigenvalue weighted by atomic mass is 9.96. The molecule has 1 aliphatic heterocycles. The van der Waals surface area contributed by atoms with Gasteiger partial charge in [0.05, 0.1) is 38.9 Å². The third kappa shape index (κ3) is 3.09. The Morgan fingerprint density at radius 3 is 2.56 bits per heavy atom. The summed E-state index contributed by atoms with van der Waals surface area (Å²) < 4.78 is 2.09. The number of fused-ring (bicyclic) bond motifs is 2. The molecule has 1 aromatic carbocycles. The number of aryl methyl sites for hydroxylation is 1. The Kier molecular flexibility index (Phi) is 4.29. The van der Waals surface area contributed by atoms with Crippen LogP contribution in [0.4, 0.5) is 5.82 Å². The van der Waals surface area contributed by atoms with Gasteiger partial charge in [0.25, 0.3) is 0 Å². The summed E-state index contributed by atoms with van der Waals surface area (Å²) in [5.74, 6) is 1.28. The van der Waals surface area contributed by atoms with Gasteiger partial charge in [-0.25, -0.2) is 4.98 Å². The molecule has 2 aromatic heterocycles. The second-order valence-corrected chi connectivity index (χ2v) is 8.25. The largest absolute Gasteiger partial charge is 0.345 e. The van der Waals surface area contributed by atoms with E-state index in [-0.39, 0.29) is 0 Å². The first-order valence-electron chi connectivity index (χ1n) is 9.93. The molecule has 0 amide bonds. The van der Waals surface area contributed by atoms with Crippen LogP contribution in [0.5, 0.6) is 0 Å². The molecule has 1 N–H and O–H groups in total. The van der Waals surface area contributed by atoms with Gasteiger partial charge in [-0.15, -0.1) is 0 Å². The van der Waals surface area contributed by atoms with Crippen LogP contribution in [0.25, 0.3) is 16.9 Å². The fourth-order valence-corrected chi connectivity index (χ4v) is 4.44. The van der Waals surface area contributed by atoms with E-state index >= 15 is 0 Å². The molecule has 2 aliphatic rings. The molecule has 1 fully saturated rings. The van der Waals surface area contributed by atoms with E-state index in [9.17, 15) is 0 Å². The first-order chi connectivity index (χ1) is 13.2. The van der Waals surface area contributed by atoms with Crippen LogP contribution in [0.2, 0.25) is 5.02 Å². The number of nitrogens with one attached hydrogen (secondary N) is 1. The van der Waals surface area contributed by atoms with Crippen molar-refractivity contribution < 1.29 is 4.90 Å². The molecule has 27 heavy (non-hydrogen) atoms. The average Bonchev–Trinajstić information content (AvgIpc) is 3.11. The lowest BCUT2D eigenvalue weighted by Crippen LogP contribution is -3.12. The summed E-state index contributed by atoms with van der Waals surface area (Å²) in [7, 11) is 2.28. The number of rotatable bonds is 2. The van der Waals surface area contributed by atoms with E-state index in [1.807, 2.05) is 24.3 Å². The number of benzene rings is 1. The zero-order valence-electron chi connectivity index (χ0n) is 15.7. The molecule has 3 aromatic rings. The van der Waals surface area contributed by atoms with Crippen molar-refractivity contribution in [1.29, 1.82) is 0 Å². The van der Waals surface area contributed by atoms with Crippen LogP contribution in [0.1, 0.15) is 24.1 Å². The van der Waals surface area contributed by atoms with Gasteiger partial charge in [0.15, 0.2) is 5.65 Å². The first-order valence-corrected chi connectivity index (χ1v) is 10.3. The van der Waals surface area contributed by atoms with E-state index in [1.165, 1.54) is 43.0 Å². The Balaban J connectivity index is 1.66. The van der Waals surface area contributed by atoms with E-state index in [1.54, 1.807) is 4.90 Å². The zero-order chi connectivity index (χ0) is 18.4. The lowest BCUT2D eigenvalue weighted by molar-refractivity contribution is -0.880. The van der Waals surface area contributed by atoms with E-state index in [0.29, 0.717) is 0 Å². The molecule has 5 nitrogen and oxygen atoms in total. The van der Waals surface area contributed by atoms with Crippen LogP contribution in [0.3, 0.4) is 0 Å². The molecule has 5 rings (SSSR count). The summed E-state index contributed by atoms with van der Waals surface area (Å²) in [6, 6.07) is 10.0. The van der Waals surface area contributed by atoms with Gasteiger partial charge < -0.3 is 9.80 Å². The molecule has 6 heteroatoms. The number of halogens is 1. The second kappa shape index (κ2) is 6.80. The van der Waals surface area contributed by atoms with Gasteiger partial charge in [0, 0.05) is 27.9 Å². The summed E-state index contributed by atoms with van der Waals surface area (Å²) in [6.45, 7) is 4.49. The number of piperazine rings is 1. The zero-order valence-corrected chi connectivity index (χ0v) is 16.5. The van der Waals surface area contributed by atoms with Crippen LogP contribution >= 0.6 is 11.6 Å². The molecule has 0 saturated carbocycles. The van der Waals surface area contributed by atoms with Crippen LogP contribution < -0.4 is 9.80 Å². The molecule has 1 saturated heterocycles. The monoisotopic (exact) mass is 382 g/mol. The number of hydrogen-bond donors (Lipinski definition) is 1. The second-order valence-electron chi connectivity index (χ2n) is 7.82. The van der Waals surface area contributed by atoms with Crippen LogP contribution in [-0.4, -0.2) is 47.8 Å². The smallest absolute Gasteiger partial charge is 0.158 e. The highest BCUT2D eigenvalue weighted by Crippen LogP contribution is 2.32. The van der Waals surface area contributed by atoms with Crippen molar-refractivity contribution in [2.24, 2.45) is 0 Å². The van der Waals surface area contributed by atoms with Crippen molar-refractivity contribution in [3.63, 3.8) is 0 Å². The minimum atomic E-state index is 0.747. The van der Waals surface area contributed by atoms with Crippen LogP contribution in [0.15, 0.2) is 30.3 Å². The van der Waals surface area contributed by atoms with Crippen molar-refractivity contribution >= 4 is 23.1 Å². The Morgan fingerprint density at radius 2 is 1.78 bits per heavy atom. The molecule has 0 unspecified atom stereocenters.